The highest BCUT2D eigenvalue weighted by atomic mass is 79.9. The Morgan fingerprint density at radius 1 is 1.43 bits per heavy atom. The summed E-state index contributed by atoms with van der Waals surface area (Å²) in [5.41, 5.74) is 0. The smallest absolute Gasteiger partial charge is 0.148 e. The molecular weight excluding hydrogens is 266 g/mol. The van der Waals surface area contributed by atoms with Crippen LogP contribution in [0.15, 0.2) is 0 Å². The van der Waals surface area contributed by atoms with Crippen LogP contribution in [-0.2, 0) is 9.84 Å². The van der Waals surface area contributed by atoms with E-state index in [9.17, 15) is 8.42 Å². The van der Waals surface area contributed by atoms with Crippen LogP contribution in [0.3, 0.4) is 0 Å². The van der Waals surface area contributed by atoms with Crippen LogP contribution in [0.25, 0.3) is 0 Å². The topological polar surface area (TPSA) is 37.4 Å². The molecule has 1 fully saturated rings. The van der Waals surface area contributed by atoms with Gasteiger partial charge in [-0.05, 0) is 25.8 Å². The monoisotopic (exact) mass is 283 g/mol. The molecule has 0 bridgehead atoms. The zero-order chi connectivity index (χ0) is 10.8. The number of alkyl halides is 1. The van der Waals surface area contributed by atoms with Crippen molar-refractivity contribution in [3.8, 4) is 0 Å². The molecule has 0 heterocycles. The third kappa shape index (κ3) is 4.75. The van der Waals surface area contributed by atoms with Crippen molar-refractivity contribution < 1.29 is 8.42 Å². The molecule has 5 heteroatoms. The predicted molar refractivity (Wildman–Crippen MR) is 62.6 cm³/mol. The second kappa shape index (κ2) is 4.94. The third-order valence-electron chi connectivity index (χ3n) is 2.59. The zero-order valence-corrected chi connectivity index (χ0v) is 11.1. The van der Waals surface area contributed by atoms with Crippen LogP contribution in [0.5, 0.6) is 0 Å². The van der Waals surface area contributed by atoms with Crippen molar-refractivity contribution >= 4 is 25.8 Å². The first kappa shape index (κ1) is 12.5. The van der Waals surface area contributed by atoms with Gasteiger partial charge >= 0.3 is 0 Å². The summed E-state index contributed by atoms with van der Waals surface area (Å²) in [6.45, 7) is 1.68. The highest BCUT2D eigenvalue weighted by Crippen LogP contribution is 2.33. The van der Waals surface area contributed by atoms with Gasteiger partial charge in [0.25, 0.3) is 0 Å². The molecule has 0 aromatic heterocycles. The molecule has 0 spiro atoms. The number of nitrogens with zero attached hydrogens (tertiary/aromatic N) is 1. The molecular formula is C9H18BrNO2S. The van der Waals surface area contributed by atoms with Gasteiger partial charge in [-0.2, -0.15) is 0 Å². The SMILES string of the molecule is CN(CCS(C)(=O)=O)CC1CC(Br)C1. The summed E-state index contributed by atoms with van der Waals surface area (Å²) in [5.74, 6) is 1.03. The first-order chi connectivity index (χ1) is 6.37. The first-order valence-corrected chi connectivity index (χ1v) is 7.85. The molecule has 0 atom stereocenters. The summed E-state index contributed by atoms with van der Waals surface area (Å²) < 4.78 is 21.8. The molecule has 0 saturated heterocycles. The fraction of sp³-hybridized carbons (Fsp3) is 1.00. The standard InChI is InChI=1S/C9H18BrNO2S/c1-11(3-4-14(2,12)13)7-8-5-9(10)6-8/h8-9H,3-7H2,1-2H3. The zero-order valence-electron chi connectivity index (χ0n) is 8.74. The van der Waals surface area contributed by atoms with Crippen LogP contribution in [0.2, 0.25) is 0 Å². The number of hydrogen-bond donors (Lipinski definition) is 0. The van der Waals surface area contributed by atoms with Gasteiger partial charge in [-0.25, -0.2) is 8.42 Å². The van der Waals surface area contributed by atoms with E-state index in [1.165, 1.54) is 19.1 Å². The highest BCUT2D eigenvalue weighted by molar-refractivity contribution is 9.09. The summed E-state index contributed by atoms with van der Waals surface area (Å²) in [5, 5.41) is 0. The van der Waals surface area contributed by atoms with Crippen LogP contribution < -0.4 is 0 Å². The molecule has 1 aliphatic rings. The lowest BCUT2D eigenvalue weighted by molar-refractivity contribution is 0.221. The van der Waals surface area contributed by atoms with Gasteiger partial charge in [-0.1, -0.05) is 15.9 Å². The van der Waals surface area contributed by atoms with Gasteiger partial charge in [0.1, 0.15) is 9.84 Å². The normalized spacial score (nSPS) is 27.7. The first-order valence-electron chi connectivity index (χ1n) is 4.87. The minimum Gasteiger partial charge on any atom is -0.305 e. The second-order valence-corrected chi connectivity index (χ2v) is 7.88. The highest BCUT2D eigenvalue weighted by Gasteiger charge is 2.27. The lowest BCUT2D eigenvalue weighted by Gasteiger charge is -2.34. The Bertz CT molecular complexity index is 273. The molecule has 0 aliphatic heterocycles. The average Bonchev–Trinajstić information content (AvgIpc) is 1.97. The van der Waals surface area contributed by atoms with E-state index in [0.29, 0.717) is 11.4 Å². The van der Waals surface area contributed by atoms with Crippen LogP contribution >= 0.6 is 15.9 Å². The van der Waals surface area contributed by atoms with Gasteiger partial charge in [-0.15, -0.1) is 0 Å². The molecule has 1 saturated carbocycles. The van der Waals surface area contributed by atoms with Crippen molar-refractivity contribution in [2.24, 2.45) is 5.92 Å². The Hall–Kier alpha value is 0.390. The van der Waals surface area contributed by atoms with Gasteiger partial charge in [0.2, 0.25) is 0 Å². The molecule has 0 aromatic rings. The summed E-state index contributed by atoms with van der Waals surface area (Å²) >= 11 is 3.55. The minimum absolute atomic E-state index is 0.272. The van der Waals surface area contributed by atoms with Gasteiger partial charge < -0.3 is 4.90 Å². The Balaban J connectivity index is 2.13. The lowest BCUT2D eigenvalue weighted by atomic mass is 9.85. The van der Waals surface area contributed by atoms with Crippen molar-refractivity contribution in [3.63, 3.8) is 0 Å². The van der Waals surface area contributed by atoms with E-state index in [1.807, 2.05) is 7.05 Å². The summed E-state index contributed by atoms with van der Waals surface area (Å²) in [7, 11) is -0.813. The number of rotatable bonds is 5. The van der Waals surface area contributed by atoms with Crippen LogP contribution in [0, 0.1) is 5.92 Å². The molecule has 1 rings (SSSR count). The predicted octanol–water partition coefficient (Wildman–Crippen LogP) is 1.14. The molecule has 84 valence electrons. The molecule has 0 radical (unpaired) electrons. The van der Waals surface area contributed by atoms with Crippen LogP contribution in [0.1, 0.15) is 12.8 Å². The van der Waals surface area contributed by atoms with E-state index < -0.39 is 9.84 Å². The van der Waals surface area contributed by atoms with E-state index in [0.717, 1.165) is 12.5 Å². The number of halogens is 1. The average molecular weight is 284 g/mol. The van der Waals surface area contributed by atoms with Crippen molar-refractivity contribution in [3.05, 3.63) is 0 Å². The molecule has 0 unspecified atom stereocenters. The van der Waals surface area contributed by atoms with E-state index >= 15 is 0 Å². The molecule has 0 aromatic carbocycles. The van der Waals surface area contributed by atoms with Crippen LogP contribution in [-0.4, -0.2) is 50.3 Å². The Morgan fingerprint density at radius 3 is 2.43 bits per heavy atom. The maximum Gasteiger partial charge on any atom is 0.148 e. The summed E-state index contributed by atoms with van der Waals surface area (Å²) in [4.78, 5) is 2.81. The van der Waals surface area contributed by atoms with Gasteiger partial charge in [0.05, 0.1) is 5.75 Å². The van der Waals surface area contributed by atoms with E-state index in [4.69, 9.17) is 0 Å². The van der Waals surface area contributed by atoms with Crippen molar-refractivity contribution in [1.82, 2.24) is 4.90 Å². The van der Waals surface area contributed by atoms with E-state index in [-0.39, 0.29) is 5.75 Å². The fourth-order valence-electron chi connectivity index (χ4n) is 1.66. The second-order valence-electron chi connectivity index (χ2n) is 4.33. The minimum atomic E-state index is -2.81. The Labute approximate surface area is 94.9 Å². The van der Waals surface area contributed by atoms with Crippen LogP contribution in [0.4, 0.5) is 0 Å². The summed E-state index contributed by atoms with van der Waals surface area (Å²) in [6, 6.07) is 0. The van der Waals surface area contributed by atoms with Crippen molar-refractivity contribution in [2.75, 3.05) is 32.1 Å². The molecule has 1 aliphatic carbocycles. The molecule has 3 nitrogen and oxygen atoms in total. The largest absolute Gasteiger partial charge is 0.305 e. The Morgan fingerprint density at radius 2 is 2.00 bits per heavy atom. The quantitative estimate of drug-likeness (QED) is 0.710. The van der Waals surface area contributed by atoms with Crippen molar-refractivity contribution in [1.29, 1.82) is 0 Å². The maximum atomic E-state index is 10.9. The van der Waals surface area contributed by atoms with Gasteiger partial charge in [0, 0.05) is 24.2 Å². The maximum absolute atomic E-state index is 10.9. The third-order valence-corrected chi connectivity index (χ3v) is 4.26. The van der Waals surface area contributed by atoms with Gasteiger partial charge in [-0.3, -0.25) is 0 Å². The van der Waals surface area contributed by atoms with E-state index in [1.54, 1.807) is 0 Å². The van der Waals surface area contributed by atoms with E-state index in [2.05, 4.69) is 20.8 Å². The molecule has 14 heavy (non-hydrogen) atoms. The molecule has 0 amide bonds. The summed E-state index contributed by atoms with van der Waals surface area (Å²) in [6.07, 6.45) is 3.74. The lowest BCUT2D eigenvalue weighted by Crippen LogP contribution is -2.36. The fourth-order valence-corrected chi connectivity index (χ4v) is 3.36. The molecule has 0 N–H and O–H groups in total. The number of sulfone groups is 1. The van der Waals surface area contributed by atoms with Gasteiger partial charge in [0.15, 0.2) is 0 Å². The number of hydrogen-bond acceptors (Lipinski definition) is 3. The Kier molecular flexibility index (Phi) is 4.40. The van der Waals surface area contributed by atoms with Crippen molar-refractivity contribution in [2.45, 2.75) is 17.7 Å².